The van der Waals surface area contributed by atoms with Gasteiger partial charge in [-0.2, -0.15) is 0 Å². The van der Waals surface area contributed by atoms with E-state index in [1.165, 1.54) is 4.90 Å². The minimum Gasteiger partial charge on any atom is -0.354 e. The maximum Gasteiger partial charge on any atom is 0.244 e. The van der Waals surface area contributed by atoms with E-state index in [2.05, 4.69) is 21.2 Å². The number of carbonyl (C=O) groups is 2. The summed E-state index contributed by atoms with van der Waals surface area (Å²) in [6.07, 6.45) is 2.11. The van der Waals surface area contributed by atoms with E-state index in [9.17, 15) is 18.0 Å². The van der Waals surface area contributed by atoms with Crippen LogP contribution in [0.5, 0.6) is 0 Å². The molecule has 2 amide bonds. The zero-order valence-electron chi connectivity index (χ0n) is 19.2. The molecule has 0 fully saturated rings. The van der Waals surface area contributed by atoms with Gasteiger partial charge in [0.25, 0.3) is 0 Å². The molecule has 1 atom stereocenters. The monoisotopic (exact) mass is 591 g/mol. The number of nitrogens with one attached hydrogen (secondary N) is 1. The first-order valence-electron chi connectivity index (χ1n) is 10.7. The Morgan fingerprint density at radius 1 is 1.12 bits per heavy atom. The highest BCUT2D eigenvalue weighted by Gasteiger charge is 2.32. The number of rotatable bonds is 11. The fourth-order valence-corrected chi connectivity index (χ4v) is 5.31. The average molecular weight is 593 g/mol. The lowest BCUT2D eigenvalue weighted by Crippen LogP contribution is -2.52. The van der Waals surface area contributed by atoms with Crippen molar-refractivity contribution in [1.29, 1.82) is 0 Å². The van der Waals surface area contributed by atoms with Gasteiger partial charge in [0.15, 0.2) is 0 Å². The Morgan fingerprint density at radius 3 is 2.35 bits per heavy atom. The Bertz CT molecular complexity index is 1130. The van der Waals surface area contributed by atoms with Gasteiger partial charge in [-0.15, -0.1) is 0 Å². The van der Waals surface area contributed by atoms with E-state index in [4.69, 9.17) is 23.2 Å². The second kappa shape index (κ2) is 12.8. The Kier molecular flexibility index (Phi) is 10.7. The molecule has 0 saturated heterocycles. The number of hydrogen-bond donors (Lipinski definition) is 1. The third-order valence-electron chi connectivity index (χ3n) is 5.09. The summed E-state index contributed by atoms with van der Waals surface area (Å²) in [5.74, 6) is -0.847. The van der Waals surface area contributed by atoms with Crippen molar-refractivity contribution in [2.45, 2.75) is 39.3 Å². The molecule has 0 bridgehead atoms. The lowest BCUT2D eigenvalue weighted by molar-refractivity contribution is -0.140. The van der Waals surface area contributed by atoms with Crippen LogP contribution < -0.4 is 9.62 Å². The number of anilines is 1. The molecular formula is C23H28BrCl2N3O4S. The quantitative estimate of drug-likeness (QED) is 0.404. The number of hydrogen-bond acceptors (Lipinski definition) is 4. The highest BCUT2D eigenvalue weighted by Crippen LogP contribution is 2.28. The largest absolute Gasteiger partial charge is 0.354 e. The van der Waals surface area contributed by atoms with Gasteiger partial charge in [-0.05, 0) is 58.6 Å². The molecule has 11 heteroatoms. The number of benzene rings is 2. The summed E-state index contributed by atoms with van der Waals surface area (Å²) in [5, 5.41) is 3.61. The smallest absolute Gasteiger partial charge is 0.244 e. The van der Waals surface area contributed by atoms with Crippen LogP contribution in [-0.2, 0) is 26.2 Å². The van der Waals surface area contributed by atoms with Crippen LogP contribution in [0.1, 0.15) is 32.3 Å². The van der Waals surface area contributed by atoms with Gasteiger partial charge < -0.3 is 10.2 Å². The highest BCUT2D eigenvalue weighted by atomic mass is 79.9. The zero-order chi connectivity index (χ0) is 25.5. The summed E-state index contributed by atoms with van der Waals surface area (Å²) in [4.78, 5) is 27.9. The first kappa shape index (κ1) is 28.4. The molecular weight excluding hydrogens is 565 g/mol. The lowest BCUT2D eigenvalue weighted by atomic mass is 10.1. The number of amides is 2. The molecule has 0 aliphatic heterocycles. The van der Waals surface area contributed by atoms with Crippen LogP contribution in [0, 0.1) is 0 Å². The van der Waals surface area contributed by atoms with Crippen molar-refractivity contribution in [3.8, 4) is 0 Å². The molecule has 2 rings (SSSR count). The predicted octanol–water partition coefficient (Wildman–Crippen LogP) is 4.86. The SMILES string of the molecule is CCCNC(=O)[C@H](CC)N(Cc1ccc(Cl)cc1Cl)C(=O)CN(c1ccccc1Br)S(C)(=O)=O. The first-order valence-corrected chi connectivity index (χ1v) is 14.1. The highest BCUT2D eigenvalue weighted by molar-refractivity contribution is 9.10. The van der Waals surface area contributed by atoms with E-state index in [0.29, 0.717) is 38.7 Å². The molecule has 34 heavy (non-hydrogen) atoms. The van der Waals surface area contributed by atoms with Crippen LogP contribution in [-0.4, -0.2) is 50.5 Å². The van der Waals surface area contributed by atoms with Crippen molar-refractivity contribution in [3.63, 3.8) is 0 Å². The molecule has 186 valence electrons. The maximum atomic E-state index is 13.6. The molecule has 1 N–H and O–H groups in total. The summed E-state index contributed by atoms with van der Waals surface area (Å²) in [6, 6.07) is 10.8. The summed E-state index contributed by atoms with van der Waals surface area (Å²) in [6.45, 7) is 3.72. The maximum absolute atomic E-state index is 13.6. The molecule has 2 aromatic rings. The minimum absolute atomic E-state index is 0.0143. The van der Waals surface area contributed by atoms with Crippen LogP contribution in [0.4, 0.5) is 5.69 Å². The van der Waals surface area contributed by atoms with Crippen LogP contribution in [0.3, 0.4) is 0 Å². The second-order valence-corrected chi connectivity index (χ2v) is 11.3. The topological polar surface area (TPSA) is 86.8 Å². The molecule has 7 nitrogen and oxygen atoms in total. The molecule has 0 aromatic heterocycles. The second-order valence-electron chi connectivity index (χ2n) is 7.69. The third kappa shape index (κ3) is 7.60. The number of nitrogens with zero attached hydrogens (tertiary/aromatic N) is 2. The van der Waals surface area contributed by atoms with Crippen LogP contribution >= 0.6 is 39.1 Å². The van der Waals surface area contributed by atoms with Crippen LogP contribution in [0.25, 0.3) is 0 Å². The van der Waals surface area contributed by atoms with E-state index < -0.39 is 28.5 Å². The fraction of sp³-hybridized carbons (Fsp3) is 0.391. The fourth-order valence-electron chi connectivity index (χ4n) is 3.37. The van der Waals surface area contributed by atoms with Crippen molar-refractivity contribution >= 4 is 66.7 Å². The third-order valence-corrected chi connectivity index (χ3v) is 7.48. The van der Waals surface area contributed by atoms with Gasteiger partial charge in [-0.25, -0.2) is 8.42 Å². The molecule has 2 aromatic carbocycles. The van der Waals surface area contributed by atoms with Crippen LogP contribution in [0.2, 0.25) is 10.0 Å². The van der Waals surface area contributed by atoms with Gasteiger partial charge in [0.1, 0.15) is 12.6 Å². The molecule has 0 saturated carbocycles. The van der Waals surface area contributed by atoms with Crippen LogP contribution in [0.15, 0.2) is 46.9 Å². The summed E-state index contributed by atoms with van der Waals surface area (Å²) >= 11 is 15.7. The van der Waals surface area contributed by atoms with E-state index in [1.54, 1.807) is 49.4 Å². The Balaban J connectivity index is 2.47. The average Bonchev–Trinajstić information content (AvgIpc) is 2.77. The van der Waals surface area contributed by atoms with Gasteiger partial charge in [0, 0.05) is 27.6 Å². The summed E-state index contributed by atoms with van der Waals surface area (Å²) in [5.41, 5.74) is 0.916. The Labute approximate surface area is 219 Å². The van der Waals surface area contributed by atoms with Crippen molar-refractivity contribution in [3.05, 3.63) is 62.5 Å². The molecule has 0 unspecified atom stereocenters. The van der Waals surface area contributed by atoms with E-state index in [-0.39, 0.29) is 12.5 Å². The summed E-state index contributed by atoms with van der Waals surface area (Å²) in [7, 11) is -3.81. The number of para-hydroxylation sites is 1. The molecule has 0 aliphatic carbocycles. The van der Waals surface area contributed by atoms with Gasteiger partial charge in [0.2, 0.25) is 21.8 Å². The number of carbonyl (C=O) groups excluding carboxylic acids is 2. The van der Waals surface area contributed by atoms with Gasteiger partial charge in [0.05, 0.1) is 11.9 Å². The van der Waals surface area contributed by atoms with Gasteiger partial charge >= 0.3 is 0 Å². The van der Waals surface area contributed by atoms with Crippen molar-refractivity contribution in [2.24, 2.45) is 0 Å². The van der Waals surface area contributed by atoms with E-state index >= 15 is 0 Å². The number of halogens is 3. The first-order chi connectivity index (χ1) is 16.0. The van der Waals surface area contributed by atoms with Crippen molar-refractivity contribution < 1.29 is 18.0 Å². The molecule has 0 aliphatic rings. The lowest BCUT2D eigenvalue weighted by Gasteiger charge is -2.33. The van der Waals surface area contributed by atoms with Gasteiger partial charge in [-0.1, -0.05) is 55.2 Å². The zero-order valence-corrected chi connectivity index (χ0v) is 23.1. The summed E-state index contributed by atoms with van der Waals surface area (Å²) < 4.78 is 26.8. The van der Waals surface area contributed by atoms with Gasteiger partial charge in [-0.3, -0.25) is 13.9 Å². The Morgan fingerprint density at radius 2 is 1.79 bits per heavy atom. The standard InChI is InChI=1S/C23H28BrCl2N3O4S/c1-4-12-27-23(31)20(5-2)28(14-16-10-11-17(25)13-19(16)26)22(30)15-29(34(3,32)33)21-9-7-6-8-18(21)24/h6-11,13,20H,4-5,12,14-15H2,1-3H3,(H,27,31)/t20-/m0/s1. The molecule has 0 radical (unpaired) electrons. The molecule has 0 heterocycles. The normalized spacial score (nSPS) is 12.2. The predicted molar refractivity (Wildman–Crippen MR) is 141 cm³/mol. The minimum atomic E-state index is -3.81. The molecule has 0 spiro atoms. The number of sulfonamides is 1. The van der Waals surface area contributed by atoms with E-state index in [0.717, 1.165) is 17.0 Å². The van der Waals surface area contributed by atoms with Crippen molar-refractivity contribution in [2.75, 3.05) is 23.7 Å². The van der Waals surface area contributed by atoms with Crippen molar-refractivity contribution in [1.82, 2.24) is 10.2 Å². The van der Waals surface area contributed by atoms with E-state index in [1.807, 2.05) is 6.92 Å². The Hall–Kier alpha value is -1.81.